The Kier molecular flexibility index (Phi) is 2.74. The van der Waals surface area contributed by atoms with E-state index in [1.165, 1.54) is 25.7 Å². The maximum Gasteiger partial charge on any atom is 0.229 e. The Balaban J connectivity index is 1.62. The summed E-state index contributed by atoms with van der Waals surface area (Å²) < 4.78 is 0. The van der Waals surface area contributed by atoms with Gasteiger partial charge in [-0.05, 0) is 36.8 Å². The summed E-state index contributed by atoms with van der Waals surface area (Å²) in [5, 5.41) is 10.7. The van der Waals surface area contributed by atoms with Crippen molar-refractivity contribution in [3.63, 3.8) is 0 Å². The van der Waals surface area contributed by atoms with Crippen molar-refractivity contribution >= 4 is 23.3 Å². The monoisotopic (exact) mass is 251 g/mol. The first-order chi connectivity index (χ1) is 8.25. The van der Waals surface area contributed by atoms with Crippen molar-refractivity contribution in [2.75, 3.05) is 5.32 Å². The van der Waals surface area contributed by atoms with Crippen molar-refractivity contribution < 1.29 is 4.79 Å². The molecule has 3 rings (SSSR count). The van der Waals surface area contributed by atoms with Crippen LogP contribution in [0.5, 0.6) is 0 Å². The van der Waals surface area contributed by atoms with E-state index in [0.717, 1.165) is 0 Å². The van der Waals surface area contributed by atoms with Crippen molar-refractivity contribution in [2.45, 2.75) is 25.7 Å². The molecule has 2 fully saturated rings. The lowest BCUT2D eigenvalue weighted by Crippen LogP contribution is -2.16. The third-order valence-corrected chi connectivity index (χ3v) is 4.04. The predicted octanol–water partition coefficient (Wildman–Crippen LogP) is 2.50. The minimum atomic E-state index is 0.0959. The minimum Gasteiger partial charge on any atom is -0.309 e. The molecule has 0 radical (unpaired) electrons. The lowest BCUT2D eigenvalue weighted by Gasteiger charge is -2.04. The average molecular weight is 252 g/mol. The van der Waals surface area contributed by atoms with Gasteiger partial charge in [0.2, 0.25) is 5.91 Å². The van der Waals surface area contributed by atoms with Crippen LogP contribution < -0.4 is 5.32 Å². The van der Waals surface area contributed by atoms with Crippen LogP contribution in [0.1, 0.15) is 25.7 Å². The molecule has 5 heteroatoms. The molecular weight excluding hydrogens is 238 g/mol. The predicted molar refractivity (Wildman–Crippen MR) is 64.6 cm³/mol. The molecule has 0 bridgehead atoms. The Bertz CT molecular complexity index is 422. The van der Waals surface area contributed by atoms with Crippen molar-refractivity contribution in [1.29, 1.82) is 0 Å². The summed E-state index contributed by atoms with van der Waals surface area (Å²) in [6, 6.07) is 3.31. The van der Waals surface area contributed by atoms with Gasteiger partial charge in [0.1, 0.15) is 0 Å². The largest absolute Gasteiger partial charge is 0.309 e. The summed E-state index contributed by atoms with van der Waals surface area (Å²) in [5.41, 5.74) is 0. The molecule has 0 aromatic carbocycles. The van der Waals surface area contributed by atoms with E-state index in [2.05, 4.69) is 15.5 Å². The number of carbonyl (C=O) groups excluding carboxylic acids is 1. The highest BCUT2D eigenvalue weighted by Crippen LogP contribution is 2.55. The van der Waals surface area contributed by atoms with Crippen LogP contribution in [0.2, 0.25) is 5.15 Å². The SMILES string of the molecule is O=C(Nc1ccc(Cl)nn1)C1C2CCCCC21. The Morgan fingerprint density at radius 3 is 2.53 bits per heavy atom. The first-order valence-electron chi connectivity index (χ1n) is 6.06. The highest BCUT2D eigenvalue weighted by atomic mass is 35.5. The standard InChI is InChI=1S/C12H14ClN3O/c13-9-5-6-10(16-15-9)14-12(17)11-7-3-1-2-4-8(7)11/h5-8,11H,1-4H2,(H,14,16,17). The maximum atomic E-state index is 12.0. The summed E-state index contributed by atoms with van der Waals surface area (Å²) in [7, 11) is 0. The van der Waals surface area contributed by atoms with E-state index in [0.29, 0.717) is 22.8 Å². The van der Waals surface area contributed by atoms with Crippen LogP contribution in [-0.4, -0.2) is 16.1 Å². The van der Waals surface area contributed by atoms with Crippen molar-refractivity contribution in [1.82, 2.24) is 10.2 Å². The quantitative estimate of drug-likeness (QED) is 0.879. The maximum absolute atomic E-state index is 12.0. The highest BCUT2D eigenvalue weighted by molar-refractivity contribution is 6.29. The summed E-state index contributed by atoms with van der Waals surface area (Å²) >= 11 is 5.64. The number of hydrogen-bond donors (Lipinski definition) is 1. The summed E-state index contributed by atoms with van der Waals surface area (Å²) in [4.78, 5) is 12.0. The number of halogens is 1. The van der Waals surface area contributed by atoms with E-state index in [9.17, 15) is 4.79 Å². The van der Waals surface area contributed by atoms with Gasteiger partial charge in [-0.15, -0.1) is 10.2 Å². The number of fused-ring (bicyclic) bond motifs is 1. The number of aromatic nitrogens is 2. The second-order valence-electron chi connectivity index (χ2n) is 4.87. The molecule has 0 spiro atoms. The Labute approximate surface area is 105 Å². The zero-order valence-corrected chi connectivity index (χ0v) is 10.2. The molecule has 2 aliphatic carbocycles. The van der Waals surface area contributed by atoms with Gasteiger partial charge in [0, 0.05) is 5.92 Å². The first kappa shape index (κ1) is 11.0. The molecule has 4 nitrogen and oxygen atoms in total. The van der Waals surface area contributed by atoms with Crippen LogP contribution in [0.3, 0.4) is 0 Å². The van der Waals surface area contributed by atoms with Gasteiger partial charge in [-0.1, -0.05) is 24.4 Å². The van der Waals surface area contributed by atoms with Gasteiger partial charge in [-0.25, -0.2) is 0 Å². The number of anilines is 1. The molecule has 1 aromatic heterocycles. The fourth-order valence-electron chi connectivity index (χ4n) is 2.97. The number of carbonyl (C=O) groups is 1. The van der Waals surface area contributed by atoms with Gasteiger partial charge in [-0.3, -0.25) is 4.79 Å². The van der Waals surface area contributed by atoms with Gasteiger partial charge >= 0.3 is 0 Å². The Hall–Kier alpha value is -1.16. The smallest absolute Gasteiger partial charge is 0.229 e. The molecule has 90 valence electrons. The number of amides is 1. The third-order valence-electron chi connectivity index (χ3n) is 3.84. The topological polar surface area (TPSA) is 54.9 Å². The second kappa shape index (κ2) is 4.26. The molecule has 2 unspecified atom stereocenters. The normalized spacial score (nSPS) is 30.5. The fourth-order valence-corrected chi connectivity index (χ4v) is 3.07. The average Bonchev–Trinajstić information content (AvgIpc) is 3.06. The van der Waals surface area contributed by atoms with Gasteiger partial charge in [-0.2, -0.15) is 0 Å². The van der Waals surface area contributed by atoms with Crippen molar-refractivity contribution in [3.05, 3.63) is 17.3 Å². The summed E-state index contributed by atoms with van der Waals surface area (Å²) in [6.45, 7) is 0. The third kappa shape index (κ3) is 2.14. The fraction of sp³-hybridized carbons (Fsp3) is 0.583. The highest BCUT2D eigenvalue weighted by Gasteiger charge is 2.54. The Morgan fingerprint density at radius 2 is 1.94 bits per heavy atom. The van der Waals surface area contributed by atoms with Crippen LogP contribution in [-0.2, 0) is 4.79 Å². The van der Waals surface area contributed by atoms with Gasteiger partial charge < -0.3 is 5.32 Å². The second-order valence-corrected chi connectivity index (χ2v) is 5.26. The zero-order valence-electron chi connectivity index (χ0n) is 9.40. The summed E-state index contributed by atoms with van der Waals surface area (Å²) in [6.07, 6.45) is 4.95. The van der Waals surface area contributed by atoms with Crippen molar-refractivity contribution in [2.24, 2.45) is 17.8 Å². The minimum absolute atomic E-state index is 0.0959. The molecule has 0 aliphatic heterocycles. The van der Waals surface area contributed by atoms with Crippen molar-refractivity contribution in [3.8, 4) is 0 Å². The molecule has 1 N–H and O–H groups in total. The first-order valence-corrected chi connectivity index (χ1v) is 6.43. The van der Waals surface area contributed by atoms with E-state index >= 15 is 0 Å². The van der Waals surface area contributed by atoms with E-state index in [1.807, 2.05) is 0 Å². The van der Waals surface area contributed by atoms with Crippen LogP contribution in [0, 0.1) is 17.8 Å². The lowest BCUT2D eigenvalue weighted by molar-refractivity contribution is -0.117. The zero-order chi connectivity index (χ0) is 11.8. The molecule has 2 saturated carbocycles. The van der Waals surface area contributed by atoms with E-state index < -0.39 is 0 Å². The van der Waals surface area contributed by atoms with E-state index in [-0.39, 0.29) is 11.8 Å². The van der Waals surface area contributed by atoms with E-state index in [1.54, 1.807) is 12.1 Å². The summed E-state index contributed by atoms with van der Waals surface area (Å²) in [5.74, 6) is 2.02. The molecule has 1 heterocycles. The van der Waals surface area contributed by atoms with Crippen LogP contribution in [0.25, 0.3) is 0 Å². The molecule has 0 saturated heterocycles. The number of hydrogen-bond acceptors (Lipinski definition) is 3. The number of nitrogens with zero attached hydrogens (tertiary/aromatic N) is 2. The van der Waals surface area contributed by atoms with Gasteiger partial charge in [0.05, 0.1) is 0 Å². The van der Waals surface area contributed by atoms with Gasteiger partial charge in [0.25, 0.3) is 0 Å². The van der Waals surface area contributed by atoms with Gasteiger partial charge in [0.15, 0.2) is 11.0 Å². The molecule has 1 amide bonds. The lowest BCUT2D eigenvalue weighted by atomic mass is 10.0. The van der Waals surface area contributed by atoms with Crippen LogP contribution in [0.4, 0.5) is 5.82 Å². The molecule has 2 aliphatic rings. The Morgan fingerprint density at radius 1 is 1.24 bits per heavy atom. The number of nitrogens with one attached hydrogen (secondary N) is 1. The molecule has 1 aromatic rings. The molecular formula is C12H14ClN3O. The number of rotatable bonds is 2. The van der Waals surface area contributed by atoms with Crippen LogP contribution in [0.15, 0.2) is 12.1 Å². The molecule has 2 atom stereocenters. The van der Waals surface area contributed by atoms with E-state index in [4.69, 9.17) is 11.6 Å². The molecule has 17 heavy (non-hydrogen) atoms. The van der Waals surface area contributed by atoms with Crippen LogP contribution >= 0.6 is 11.6 Å².